The van der Waals surface area contributed by atoms with Crippen LogP contribution < -0.4 is 10.6 Å². The fourth-order valence-electron chi connectivity index (χ4n) is 2.21. The highest BCUT2D eigenvalue weighted by Gasteiger charge is 2.41. The van der Waals surface area contributed by atoms with E-state index in [1.54, 1.807) is 4.90 Å². The van der Waals surface area contributed by atoms with Gasteiger partial charge in [-0.1, -0.05) is 5.16 Å². The molecule has 0 aromatic carbocycles. The molecule has 2 rings (SSSR count). The van der Waals surface area contributed by atoms with Gasteiger partial charge in [0.1, 0.15) is 0 Å². The molecule has 20 heavy (non-hydrogen) atoms. The second kappa shape index (κ2) is 5.51. The highest BCUT2D eigenvalue weighted by molar-refractivity contribution is 5.99. The number of piperidine rings is 1. The fraction of sp³-hybridized carbons (Fsp3) is 0.545. The molecule has 0 radical (unpaired) electrons. The molecule has 110 valence electrons. The third-order valence-electron chi connectivity index (χ3n) is 3.29. The molecule has 1 saturated heterocycles. The van der Waals surface area contributed by atoms with Gasteiger partial charge in [-0.15, -0.1) is 0 Å². The topological polar surface area (TPSA) is 87.6 Å². The van der Waals surface area contributed by atoms with Gasteiger partial charge in [0.15, 0.2) is 17.3 Å². The van der Waals surface area contributed by atoms with Crippen molar-refractivity contribution in [1.29, 1.82) is 0 Å². The molecule has 1 aliphatic rings. The second-order valence-corrected chi connectivity index (χ2v) is 4.52. The smallest absolute Gasteiger partial charge is 0.391 e. The monoisotopic (exact) mass is 289 g/mol. The van der Waals surface area contributed by atoms with E-state index in [1.165, 1.54) is 12.4 Å². The summed E-state index contributed by atoms with van der Waals surface area (Å²) in [6.45, 7) is 0.406. The third kappa shape index (κ3) is 2.91. The summed E-state index contributed by atoms with van der Waals surface area (Å²) < 4.78 is 37.8. The van der Waals surface area contributed by atoms with Crippen LogP contribution in [0.3, 0.4) is 0 Å². The van der Waals surface area contributed by atoms with E-state index in [-0.39, 0.29) is 37.5 Å². The maximum atomic E-state index is 12.6. The highest BCUT2D eigenvalue weighted by Crippen LogP contribution is 2.35. The summed E-state index contributed by atoms with van der Waals surface area (Å²) in [5.74, 6) is -1.17. The van der Waals surface area contributed by atoms with E-state index in [9.17, 15) is 13.2 Å². The molecule has 2 heterocycles. The number of aromatic nitrogens is 2. The van der Waals surface area contributed by atoms with Gasteiger partial charge in [-0.25, -0.2) is 9.97 Å². The average Bonchev–Trinajstić information content (AvgIpc) is 2.45. The zero-order valence-corrected chi connectivity index (χ0v) is 10.5. The van der Waals surface area contributed by atoms with Crippen LogP contribution in [0.25, 0.3) is 0 Å². The first kappa shape index (κ1) is 14.4. The van der Waals surface area contributed by atoms with Crippen molar-refractivity contribution in [3.8, 4) is 0 Å². The number of amidine groups is 1. The molecule has 0 unspecified atom stereocenters. The Bertz CT molecular complexity index is 497. The van der Waals surface area contributed by atoms with Crippen molar-refractivity contribution < 1.29 is 18.4 Å². The van der Waals surface area contributed by atoms with Crippen LogP contribution in [-0.4, -0.2) is 40.3 Å². The Balaban J connectivity index is 2.15. The van der Waals surface area contributed by atoms with Crippen molar-refractivity contribution in [1.82, 2.24) is 9.97 Å². The van der Waals surface area contributed by atoms with Crippen molar-refractivity contribution in [3.63, 3.8) is 0 Å². The minimum Gasteiger partial charge on any atom is -0.409 e. The van der Waals surface area contributed by atoms with Crippen LogP contribution in [0.1, 0.15) is 18.5 Å². The molecule has 0 spiro atoms. The van der Waals surface area contributed by atoms with Crippen LogP contribution in [0, 0.1) is 5.92 Å². The van der Waals surface area contributed by atoms with Gasteiger partial charge in [-0.3, -0.25) is 0 Å². The van der Waals surface area contributed by atoms with Gasteiger partial charge in [-0.2, -0.15) is 13.2 Å². The first-order chi connectivity index (χ1) is 9.43. The zero-order chi connectivity index (χ0) is 14.8. The summed E-state index contributed by atoms with van der Waals surface area (Å²) in [6.07, 6.45) is -1.38. The molecule has 0 amide bonds. The number of oxime groups is 1. The van der Waals surface area contributed by atoms with E-state index in [4.69, 9.17) is 10.9 Å². The van der Waals surface area contributed by atoms with Crippen molar-refractivity contribution in [2.45, 2.75) is 19.0 Å². The first-order valence-electron chi connectivity index (χ1n) is 6.04. The van der Waals surface area contributed by atoms with Crippen molar-refractivity contribution in [2.24, 2.45) is 16.8 Å². The summed E-state index contributed by atoms with van der Waals surface area (Å²) in [7, 11) is 0. The number of nitrogens with two attached hydrogens (primary N) is 1. The van der Waals surface area contributed by atoms with E-state index in [1.807, 2.05) is 0 Å². The largest absolute Gasteiger partial charge is 0.409 e. The summed E-state index contributed by atoms with van der Waals surface area (Å²) >= 11 is 0. The number of nitrogens with zero attached hydrogens (tertiary/aromatic N) is 4. The number of hydrogen-bond acceptors (Lipinski definition) is 5. The zero-order valence-electron chi connectivity index (χ0n) is 10.5. The minimum atomic E-state index is -4.16. The number of anilines is 1. The van der Waals surface area contributed by atoms with Crippen LogP contribution in [-0.2, 0) is 0 Å². The Morgan fingerprint density at radius 3 is 2.45 bits per heavy atom. The number of halogens is 3. The Morgan fingerprint density at radius 1 is 1.30 bits per heavy atom. The van der Waals surface area contributed by atoms with E-state index in [2.05, 4.69) is 15.1 Å². The lowest BCUT2D eigenvalue weighted by molar-refractivity contribution is -0.179. The molecular weight excluding hydrogens is 275 g/mol. The van der Waals surface area contributed by atoms with Crippen LogP contribution in [0.4, 0.5) is 19.0 Å². The fourth-order valence-corrected chi connectivity index (χ4v) is 2.21. The summed E-state index contributed by atoms with van der Waals surface area (Å²) in [6, 6.07) is 0. The molecular formula is C11H14F3N5O. The van der Waals surface area contributed by atoms with Crippen molar-refractivity contribution in [2.75, 3.05) is 18.0 Å². The quantitative estimate of drug-likeness (QED) is 0.371. The van der Waals surface area contributed by atoms with Crippen LogP contribution >= 0.6 is 0 Å². The lowest BCUT2D eigenvalue weighted by atomic mass is 9.96. The maximum Gasteiger partial charge on any atom is 0.391 e. The minimum absolute atomic E-state index is 0.00428. The van der Waals surface area contributed by atoms with Gasteiger partial charge >= 0.3 is 6.18 Å². The van der Waals surface area contributed by atoms with E-state index >= 15 is 0 Å². The molecule has 1 fully saturated rings. The van der Waals surface area contributed by atoms with E-state index < -0.39 is 12.1 Å². The van der Waals surface area contributed by atoms with Crippen LogP contribution in [0.5, 0.6) is 0 Å². The molecule has 0 aliphatic carbocycles. The van der Waals surface area contributed by atoms with E-state index in [0.717, 1.165) is 0 Å². The number of alkyl halides is 3. The third-order valence-corrected chi connectivity index (χ3v) is 3.29. The summed E-state index contributed by atoms with van der Waals surface area (Å²) in [4.78, 5) is 9.69. The Kier molecular flexibility index (Phi) is 3.96. The van der Waals surface area contributed by atoms with Crippen LogP contribution in [0.2, 0.25) is 0 Å². The average molecular weight is 289 g/mol. The molecule has 1 aromatic rings. The lowest BCUT2D eigenvalue weighted by Gasteiger charge is -2.34. The number of hydrogen-bond donors (Lipinski definition) is 2. The Labute approximate surface area is 113 Å². The molecule has 1 aliphatic heterocycles. The highest BCUT2D eigenvalue weighted by atomic mass is 19.4. The normalized spacial score (nSPS) is 18.4. The van der Waals surface area contributed by atoms with Crippen molar-refractivity contribution in [3.05, 3.63) is 18.1 Å². The molecule has 0 atom stereocenters. The van der Waals surface area contributed by atoms with Gasteiger partial charge in [0, 0.05) is 25.5 Å². The maximum absolute atomic E-state index is 12.6. The Morgan fingerprint density at radius 2 is 1.90 bits per heavy atom. The first-order valence-corrected chi connectivity index (χ1v) is 6.04. The predicted molar refractivity (Wildman–Crippen MR) is 65.5 cm³/mol. The molecule has 3 N–H and O–H groups in total. The molecule has 0 saturated carbocycles. The predicted octanol–water partition coefficient (Wildman–Crippen LogP) is 1.35. The van der Waals surface area contributed by atoms with Gasteiger partial charge in [0.2, 0.25) is 0 Å². The second-order valence-electron chi connectivity index (χ2n) is 4.52. The van der Waals surface area contributed by atoms with Crippen molar-refractivity contribution >= 4 is 11.7 Å². The van der Waals surface area contributed by atoms with Gasteiger partial charge < -0.3 is 15.8 Å². The van der Waals surface area contributed by atoms with Gasteiger partial charge in [-0.05, 0) is 12.8 Å². The standard InChI is InChI=1S/C11H14F3N5O/c12-11(13,14)7-1-5-19(6-2-7)10-8(9(15)18-20)16-3-4-17-10/h3-4,7,20H,1-2,5-6H2,(H2,15,18). The molecule has 9 heteroatoms. The molecule has 0 bridgehead atoms. The summed E-state index contributed by atoms with van der Waals surface area (Å²) in [5, 5.41) is 11.5. The Hall–Kier alpha value is -2.06. The lowest BCUT2D eigenvalue weighted by Crippen LogP contribution is -2.40. The van der Waals surface area contributed by atoms with Gasteiger partial charge in [0.25, 0.3) is 0 Å². The summed E-state index contributed by atoms with van der Waals surface area (Å²) in [5.41, 5.74) is 5.66. The van der Waals surface area contributed by atoms with E-state index in [0.29, 0.717) is 5.82 Å². The molecule has 6 nitrogen and oxygen atoms in total. The SMILES string of the molecule is NC(=NO)c1nccnc1N1CCC(C(F)(F)F)CC1. The van der Waals surface area contributed by atoms with Gasteiger partial charge in [0.05, 0.1) is 5.92 Å². The number of rotatable bonds is 2. The molecule has 1 aromatic heterocycles. The van der Waals surface area contributed by atoms with Crippen LogP contribution in [0.15, 0.2) is 17.5 Å².